The van der Waals surface area contributed by atoms with Crippen molar-refractivity contribution in [2.24, 2.45) is 5.92 Å². The third-order valence-electron chi connectivity index (χ3n) is 7.39. The molecule has 3 aromatic rings. The zero-order chi connectivity index (χ0) is 29.4. The van der Waals surface area contributed by atoms with Crippen LogP contribution in [0.1, 0.15) is 65.2 Å². The van der Waals surface area contributed by atoms with Crippen molar-refractivity contribution in [3.8, 4) is 16.9 Å². The minimum absolute atomic E-state index is 0.0548. The lowest BCUT2D eigenvalue weighted by atomic mass is 9.94. The summed E-state index contributed by atoms with van der Waals surface area (Å²) in [7, 11) is 0. The normalized spacial score (nSPS) is 16.0. The average Bonchev–Trinajstić information content (AvgIpc) is 2.94. The largest absolute Gasteiger partial charge is 0.481 e. The number of carbonyl (C=O) groups excluding carboxylic acids is 2. The van der Waals surface area contributed by atoms with Gasteiger partial charge in [0.2, 0.25) is 0 Å². The first-order valence-corrected chi connectivity index (χ1v) is 14.8. The van der Waals surface area contributed by atoms with Crippen LogP contribution < -0.4 is 10.4 Å². The Morgan fingerprint density at radius 3 is 2.68 bits per heavy atom. The number of esters is 1. The van der Waals surface area contributed by atoms with Crippen molar-refractivity contribution in [2.45, 2.75) is 71.3 Å². The van der Waals surface area contributed by atoms with Crippen molar-refractivity contribution in [1.82, 2.24) is 4.90 Å². The van der Waals surface area contributed by atoms with Crippen LogP contribution >= 0.6 is 11.6 Å². The topological polar surface area (TPSA) is 86.0 Å². The molecule has 1 saturated heterocycles. The van der Waals surface area contributed by atoms with Gasteiger partial charge in [-0.3, -0.25) is 9.59 Å². The Bertz CT molecular complexity index is 1420. The number of piperidine rings is 1. The molecule has 1 fully saturated rings. The van der Waals surface area contributed by atoms with Crippen molar-refractivity contribution in [3.05, 3.63) is 63.7 Å². The molecule has 7 nitrogen and oxygen atoms in total. The second-order valence-electron chi connectivity index (χ2n) is 10.7. The maximum absolute atomic E-state index is 13.6. The third-order valence-corrected chi connectivity index (χ3v) is 7.71. The van der Waals surface area contributed by atoms with Gasteiger partial charge in [-0.25, -0.2) is 9.18 Å². The summed E-state index contributed by atoms with van der Waals surface area (Å²) in [5.41, 5.74) is 0.667. The molecule has 4 rings (SSSR count). The third kappa shape index (κ3) is 8.32. The van der Waals surface area contributed by atoms with E-state index in [1.807, 2.05) is 0 Å². The van der Waals surface area contributed by atoms with Crippen molar-refractivity contribution < 1.29 is 27.9 Å². The van der Waals surface area contributed by atoms with Crippen LogP contribution in [0, 0.1) is 11.7 Å². The van der Waals surface area contributed by atoms with Crippen LogP contribution in [0.5, 0.6) is 5.75 Å². The van der Waals surface area contributed by atoms with E-state index in [2.05, 4.69) is 6.92 Å². The molecule has 0 spiro atoms. The molecule has 0 bridgehead atoms. The van der Waals surface area contributed by atoms with Crippen LogP contribution in [0.25, 0.3) is 22.1 Å². The maximum atomic E-state index is 13.6. The van der Waals surface area contributed by atoms with E-state index in [0.717, 1.165) is 32.1 Å². The van der Waals surface area contributed by atoms with E-state index in [0.29, 0.717) is 48.4 Å². The number of hydrogen-bond donors (Lipinski definition) is 0. The number of fused-ring (bicyclic) bond motifs is 1. The lowest BCUT2D eigenvalue weighted by Crippen LogP contribution is -2.46. The summed E-state index contributed by atoms with van der Waals surface area (Å²) in [5, 5.41) is 0.767. The Morgan fingerprint density at radius 2 is 1.90 bits per heavy atom. The molecule has 9 heteroatoms. The highest BCUT2D eigenvalue weighted by Gasteiger charge is 2.29. The van der Waals surface area contributed by atoms with Crippen molar-refractivity contribution in [3.63, 3.8) is 0 Å². The van der Waals surface area contributed by atoms with Crippen molar-refractivity contribution in [1.29, 1.82) is 0 Å². The number of rotatable bonds is 12. The fourth-order valence-corrected chi connectivity index (χ4v) is 5.55. The Kier molecular flexibility index (Phi) is 10.8. The standard InChI is InChI=1S/C32H37ClFNO6/c1-3-4-5-6-7-15-39-30(36)16-22-9-8-14-35(20-22)32(38)21(2)40-24-11-13-26-27(19-31(37)41-29(26)18-24)25-12-10-23(34)17-28(25)33/h10-13,17-19,21-22H,3-9,14-16,20H2,1-2H3/t21?,22-/m1/s1. The van der Waals surface area contributed by atoms with E-state index in [4.69, 9.17) is 25.5 Å². The van der Waals surface area contributed by atoms with Gasteiger partial charge in [0.25, 0.3) is 5.91 Å². The van der Waals surface area contributed by atoms with Crippen LogP contribution in [0.4, 0.5) is 4.39 Å². The molecule has 0 N–H and O–H groups in total. The molecule has 0 aliphatic carbocycles. The molecule has 2 aromatic carbocycles. The predicted molar refractivity (Wildman–Crippen MR) is 157 cm³/mol. The van der Waals surface area contributed by atoms with E-state index in [1.54, 1.807) is 30.0 Å². The summed E-state index contributed by atoms with van der Waals surface area (Å²) in [5.74, 6) is -0.442. The van der Waals surface area contributed by atoms with E-state index < -0.39 is 17.5 Å². The van der Waals surface area contributed by atoms with Crippen LogP contribution in [-0.2, 0) is 14.3 Å². The first kappa shape index (κ1) is 30.6. The smallest absolute Gasteiger partial charge is 0.336 e. The molecule has 0 saturated carbocycles. The van der Waals surface area contributed by atoms with Crippen LogP contribution in [-0.4, -0.2) is 42.6 Å². The highest BCUT2D eigenvalue weighted by Crippen LogP contribution is 2.34. The molecular weight excluding hydrogens is 549 g/mol. The average molecular weight is 586 g/mol. The van der Waals surface area contributed by atoms with E-state index in [1.165, 1.54) is 37.1 Å². The number of amides is 1. The van der Waals surface area contributed by atoms with Gasteiger partial charge < -0.3 is 18.8 Å². The SMILES string of the molecule is CCCCCCCOC(=O)C[C@H]1CCCN(C(=O)C(C)Oc2ccc3c(-c4ccc(F)cc4Cl)cc(=O)oc3c2)C1. The van der Waals surface area contributed by atoms with Crippen molar-refractivity contribution in [2.75, 3.05) is 19.7 Å². The molecule has 1 aromatic heterocycles. The second kappa shape index (κ2) is 14.5. The Morgan fingerprint density at radius 1 is 1.10 bits per heavy atom. The van der Waals surface area contributed by atoms with Gasteiger partial charge in [0.1, 0.15) is 17.1 Å². The summed E-state index contributed by atoms with van der Waals surface area (Å²) >= 11 is 6.24. The molecule has 1 amide bonds. The molecule has 220 valence electrons. The van der Waals surface area contributed by atoms with Gasteiger partial charge in [-0.05, 0) is 62.4 Å². The summed E-state index contributed by atoms with van der Waals surface area (Å²) in [6, 6.07) is 10.2. The van der Waals surface area contributed by atoms with E-state index >= 15 is 0 Å². The summed E-state index contributed by atoms with van der Waals surface area (Å²) in [6.45, 7) is 5.37. The second-order valence-corrected chi connectivity index (χ2v) is 11.1. The number of ether oxygens (including phenoxy) is 2. The molecule has 2 atom stereocenters. The molecule has 1 unspecified atom stereocenters. The summed E-state index contributed by atoms with van der Waals surface area (Å²) in [4.78, 5) is 39.6. The van der Waals surface area contributed by atoms with Crippen molar-refractivity contribution >= 4 is 34.4 Å². The lowest BCUT2D eigenvalue weighted by Gasteiger charge is -2.34. The fourth-order valence-electron chi connectivity index (χ4n) is 5.28. The summed E-state index contributed by atoms with van der Waals surface area (Å²) in [6.07, 6.45) is 6.68. The minimum atomic E-state index is -0.789. The Labute approximate surface area is 244 Å². The number of likely N-dealkylation sites (tertiary alicyclic amines) is 1. The van der Waals surface area contributed by atoms with Gasteiger partial charge >= 0.3 is 11.6 Å². The summed E-state index contributed by atoms with van der Waals surface area (Å²) < 4.78 is 30.3. The zero-order valence-electron chi connectivity index (χ0n) is 23.6. The highest BCUT2D eigenvalue weighted by molar-refractivity contribution is 6.33. The first-order valence-electron chi connectivity index (χ1n) is 14.4. The van der Waals surface area contributed by atoms with Gasteiger partial charge in [0, 0.05) is 41.7 Å². The van der Waals surface area contributed by atoms with Crippen LogP contribution in [0.2, 0.25) is 5.02 Å². The maximum Gasteiger partial charge on any atom is 0.336 e. The monoisotopic (exact) mass is 585 g/mol. The molecule has 1 aliphatic rings. The fraction of sp³-hybridized carbons (Fsp3) is 0.469. The van der Waals surface area contributed by atoms with Gasteiger partial charge in [0.05, 0.1) is 18.1 Å². The number of hydrogen-bond acceptors (Lipinski definition) is 6. The van der Waals surface area contributed by atoms with Crippen LogP contribution in [0.15, 0.2) is 51.7 Å². The number of carbonyl (C=O) groups is 2. The molecule has 1 aliphatic heterocycles. The van der Waals surface area contributed by atoms with Gasteiger partial charge in [0.15, 0.2) is 6.10 Å². The number of unbranched alkanes of at least 4 members (excludes halogenated alkanes) is 4. The molecular formula is C32H37ClFNO6. The number of nitrogens with zero attached hydrogens (tertiary/aromatic N) is 1. The highest BCUT2D eigenvalue weighted by atomic mass is 35.5. The van der Waals surface area contributed by atoms with Gasteiger partial charge in [-0.1, -0.05) is 44.2 Å². The number of benzene rings is 2. The Hall–Kier alpha value is -3.39. The quantitative estimate of drug-likeness (QED) is 0.127. The van der Waals surface area contributed by atoms with E-state index in [9.17, 15) is 18.8 Å². The zero-order valence-corrected chi connectivity index (χ0v) is 24.4. The molecule has 2 heterocycles. The number of halogens is 2. The van der Waals surface area contributed by atoms with Gasteiger partial charge in [-0.15, -0.1) is 0 Å². The minimum Gasteiger partial charge on any atom is -0.481 e. The van der Waals surface area contributed by atoms with Crippen LogP contribution in [0.3, 0.4) is 0 Å². The molecule has 0 radical (unpaired) electrons. The van der Waals surface area contributed by atoms with Gasteiger partial charge in [-0.2, -0.15) is 0 Å². The van der Waals surface area contributed by atoms with E-state index in [-0.39, 0.29) is 28.4 Å². The first-order chi connectivity index (χ1) is 19.7. The Balaban J connectivity index is 1.36. The molecule has 41 heavy (non-hydrogen) atoms. The lowest BCUT2D eigenvalue weighted by molar-refractivity contribution is -0.147. The predicted octanol–water partition coefficient (Wildman–Crippen LogP) is 7.16.